The van der Waals surface area contributed by atoms with Crippen molar-refractivity contribution in [3.63, 3.8) is 0 Å². The van der Waals surface area contributed by atoms with Crippen molar-refractivity contribution in [3.8, 4) is 0 Å². The molecule has 0 spiro atoms. The van der Waals surface area contributed by atoms with Gasteiger partial charge < -0.3 is 26.0 Å². The average molecular weight is 320 g/mol. The van der Waals surface area contributed by atoms with Crippen molar-refractivity contribution < 1.29 is 14.7 Å². The smallest absolute Gasteiger partial charge is 0.405 e. The fourth-order valence-corrected chi connectivity index (χ4v) is 2.75. The normalized spacial score (nSPS) is 18.3. The van der Waals surface area contributed by atoms with E-state index in [9.17, 15) is 9.59 Å². The van der Waals surface area contributed by atoms with Crippen molar-refractivity contribution in [2.75, 3.05) is 39.0 Å². The van der Waals surface area contributed by atoms with Crippen LogP contribution in [-0.4, -0.2) is 66.2 Å². The van der Waals surface area contributed by atoms with Crippen molar-refractivity contribution in [1.29, 1.82) is 0 Å². The highest BCUT2D eigenvalue weighted by Crippen LogP contribution is 2.22. The maximum atomic E-state index is 12.8. The summed E-state index contributed by atoms with van der Waals surface area (Å²) in [7, 11) is 2.01. The first-order valence-electron chi connectivity index (χ1n) is 7.70. The molecule has 0 aromatic heterocycles. The summed E-state index contributed by atoms with van der Waals surface area (Å²) in [5.41, 5.74) is 7.19. The van der Waals surface area contributed by atoms with Gasteiger partial charge >= 0.3 is 6.09 Å². The number of nitrogen functional groups attached to an aromatic ring is 1. The third-order valence-corrected chi connectivity index (χ3v) is 4.32. The molecule has 2 atom stereocenters. The molecule has 1 aromatic rings. The summed E-state index contributed by atoms with van der Waals surface area (Å²) in [4.78, 5) is 27.8. The van der Waals surface area contributed by atoms with Crippen LogP contribution in [0.3, 0.4) is 0 Å². The van der Waals surface area contributed by atoms with E-state index in [0.717, 1.165) is 18.7 Å². The van der Waals surface area contributed by atoms with Crippen LogP contribution in [0.4, 0.5) is 10.5 Å². The summed E-state index contributed by atoms with van der Waals surface area (Å²) in [6.45, 7) is 4.66. The fourth-order valence-electron chi connectivity index (χ4n) is 2.75. The molecule has 1 aliphatic heterocycles. The van der Waals surface area contributed by atoms with Crippen LogP contribution in [0, 0.1) is 0 Å². The maximum Gasteiger partial charge on any atom is 0.405 e. The molecular formula is C16H24N4O3. The molecular weight excluding hydrogens is 296 g/mol. The van der Waals surface area contributed by atoms with Gasteiger partial charge in [-0.05, 0) is 24.7 Å². The Labute approximate surface area is 136 Å². The van der Waals surface area contributed by atoms with Crippen molar-refractivity contribution in [2.45, 2.75) is 18.9 Å². The van der Waals surface area contributed by atoms with Gasteiger partial charge in [-0.3, -0.25) is 4.79 Å². The van der Waals surface area contributed by atoms with E-state index in [4.69, 9.17) is 10.8 Å². The van der Waals surface area contributed by atoms with Gasteiger partial charge in [-0.2, -0.15) is 0 Å². The lowest BCUT2D eigenvalue weighted by Gasteiger charge is -2.36. The van der Waals surface area contributed by atoms with E-state index in [0.29, 0.717) is 18.8 Å². The number of carbonyl (C=O) groups excluding carboxylic acids is 1. The SMILES string of the molecule is C[C@@H](c1ccc(N)cc1)[C@@H](NC(=O)O)C(=O)N1CCN(C)CC1. The predicted molar refractivity (Wildman–Crippen MR) is 88.3 cm³/mol. The minimum absolute atomic E-state index is 0.176. The van der Waals surface area contributed by atoms with Crippen molar-refractivity contribution in [1.82, 2.24) is 15.1 Å². The van der Waals surface area contributed by atoms with Gasteiger partial charge in [0.2, 0.25) is 5.91 Å². The molecule has 7 nitrogen and oxygen atoms in total. The third-order valence-electron chi connectivity index (χ3n) is 4.32. The Hall–Kier alpha value is -2.28. The molecule has 0 unspecified atom stereocenters. The Morgan fingerprint density at radius 1 is 1.17 bits per heavy atom. The lowest BCUT2D eigenvalue weighted by Crippen LogP contribution is -2.55. The summed E-state index contributed by atoms with van der Waals surface area (Å²) in [5.74, 6) is -0.455. The lowest BCUT2D eigenvalue weighted by atomic mass is 9.92. The molecule has 1 fully saturated rings. The van der Waals surface area contributed by atoms with E-state index < -0.39 is 12.1 Å². The first kappa shape index (κ1) is 17.1. The zero-order valence-corrected chi connectivity index (χ0v) is 13.5. The minimum Gasteiger partial charge on any atom is -0.465 e. The number of hydrogen-bond donors (Lipinski definition) is 3. The lowest BCUT2D eigenvalue weighted by molar-refractivity contribution is -0.135. The maximum absolute atomic E-state index is 12.8. The Kier molecular flexibility index (Phi) is 5.44. The summed E-state index contributed by atoms with van der Waals surface area (Å²) in [5, 5.41) is 11.5. The van der Waals surface area contributed by atoms with E-state index in [1.165, 1.54) is 0 Å². The van der Waals surface area contributed by atoms with E-state index >= 15 is 0 Å². The van der Waals surface area contributed by atoms with Crippen LogP contribution >= 0.6 is 0 Å². The van der Waals surface area contributed by atoms with Crippen LogP contribution < -0.4 is 11.1 Å². The molecule has 2 amide bonds. The Morgan fingerprint density at radius 3 is 2.26 bits per heavy atom. The van der Waals surface area contributed by atoms with Gasteiger partial charge in [0, 0.05) is 37.8 Å². The predicted octanol–water partition coefficient (Wildman–Crippen LogP) is 0.783. The number of carbonyl (C=O) groups is 2. The first-order chi connectivity index (χ1) is 10.9. The molecule has 23 heavy (non-hydrogen) atoms. The van der Waals surface area contributed by atoms with Crippen LogP contribution in [0.5, 0.6) is 0 Å². The third kappa shape index (κ3) is 4.35. The molecule has 0 bridgehead atoms. The molecule has 0 saturated carbocycles. The number of rotatable bonds is 4. The molecule has 2 rings (SSSR count). The molecule has 126 valence electrons. The zero-order valence-electron chi connectivity index (χ0n) is 13.5. The number of nitrogens with one attached hydrogen (secondary N) is 1. The summed E-state index contributed by atoms with van der Waals surface area (Å²) in [6.07, 6.45) is -1.19. The summed E-state index contributed by atoms with van der Waals surface area (Å²) >= 11 is 0. The Bertz CT molecular complexity index is 553. The molecule has 1 heterocycles. The highest BCUT2D eigenvalue weighted by molar-refractivity contribution is 5.86. The van der Waals surface area contributed by atoms with Crippen molar-refractivity contribution in [2.24, 2.45) is 0 Å². The van der Waals surface area contributed by atoms with E-state index in [1.54, 1.807) is 17.0 Å². The van der Waals surface area contributed by atoms with Crippen LogP contribution in [0.25, 0.3) is 0 Å². The fraction of sp³-hybridized carbons (Fsp3) is 0.500. The van der Waals surface area contributed by atoms with Crippen LogP contribution in [-0.2, 0) is 4.79 Å². The molecule has 1 aromatic carbocycles. The molecule has 1 aliphatic rings. The van der Waals surface area contributed by atoms with Crippen LogP contribution in [0.2, 0.25) is 0 Å². The largest absolute Gasteiger partial charge is 0.465 e. The highest BCUT2D eigenvalue weighted by Gasteiger charge is 2.32. The first-order valence-corrected chi connectivity index (χ1v) is 7.70. The van der Waals surface area contributed by atoms with Gasteiger partial charge in [0.25, 0.3) is 0 Å². The molecule has 0 radical (unpaired) electrons. The zero-order chi connectivity index (χ0) is 17.0. The number of benzene rings is 1. The van der Waals surface area contributed by atoms with Crippen molar-refractivity contribution in [3.05, 3.63) is 29.8 Å². The minimum atomic E-state index is -1.19. The van der Waals surface area contributed by atoms with Crippen molar-refractivity contribution >= 4 is 17.7 Å². The number of nitrogens with two attached hydrogens (primary N) is 1. The molecule has 7 heteroatoms. The number of piperazine rings is 1. The van der Waals surface area contributed by atoms with E-state index in [2.05, 4.69) is 10.2 Å². The quantitative estimate of drug-likeness (QED) is 0.712. The second-order valence-electron chi connectivity index (χ2n) is 6.01. The van der Waals surface area contributed by atoms with Gasteiger partial charge in [-0.25, -0.2) is 4.79 Å². The summed E-state index contributed by atoms with van der Waals surface area (Å²) < 4.78 is 0. The topological polar surface area (TPSA) is 98.9 Å². The number of likely N-dealkylation sites (N-methyl/N-ethyl adjacent to an activating group) is 1. The second kappa shape index (κ2) is 7.32. The monoisotopic (exact) mass is 320 g/mol. The van der Waals surface area contributed by atoms with Gasteiger partial charge in [0.15, 0.2) is 0 Å². The van der Waals surface area contributed by atoms with E-state index in [1.807, 2.05) is 26.1 Å². The van der Waals surface area contributed by atoms with E-state index in [-0.39, 0.29) is 11.8 Å². The molecule has 1 saturated heterocycles. The van der Waals surface area contributed by atoms with Gasteiger partial charge in [0.05, 0.1) is 0 Å². The molecule has 0 aliphatic carbocycles. The number of nitrogens with zero attached hydrogens (tertiary/aromatic N) is 2. The van der Waals surface area contributed by atoms with Gasteiger partial charge in [0.1, 0.15) is 6.04 Å². The standard InChI is InChI=1S/C16H24N4O3/c1-11(12-3-5-13(17)6-4-12)14(18-16(22)23)15(21)20-9-7-19(2)8-10-20/h3-6,11,14,18H,7-10,17H2,1-2H3,(H,22,23)/t11-,14+/m0/s1. The van der Waals surface area contributed by atoms with Crippen LogP contribution in [0.1, 0.15) is 18.4 Å². The Morgan fingerprint density at radius 2 is 1.74 bits per heavy atom. The number of carboxylic acid groups (broad SMARTS) is 1. The number of amides is 2. The van der Waals surface area contributed by atoms with Gasteiger partial charge in [-0.15, -0.1) is 0 Å². The second-order valence-corrected chi connectivity index (χ2v) is 6.01. The molecule has 4 N–H and O–H groups in total. The van der Waals surface area contributed by atoms with Crippen LogP contribution in [0.15, 0.2) is 24.3 Å². The number of hydrogen-bond acceptors (Lipinski definition) is 4. The average Bonchev–Trinajstić information content (AvgIpc) is 2.52. The highest BCUT2D eigenvalue weighted by atomic mass is 16.4. The Balaban J connectivity index is 2.16. The van der Waals surface area contributed by atoms with Gasteiger partial charge in [-0.1, -0.05) is 19.1 Å². The number of anilines is 1. The summed E-state index contributed by atoms with van der Waals surface area (Å²) in [6, 6.07) is 6.36.